The minimum absolute atomic E-state index is 0.265. The van der Waals surface area contributed by atoms with Gasteiger partial charge in [-0.1, -0.05) is 12.1 Å². The van der Waals surface area contributed by atoms with Crippen molar-refractivity contribution in [1.82, 2.24) is 0 Å². The molecule has 0 aliphatic rings. The molecule has 0 bridgehead atoms. The number of ether oxygens (including phenoxy) is 1. The number of aliphatic hydroxyl groups excluding tert-OH is 1. The van der Waals surface area contributed by atoms with Crippen molar-refractivity contribution >= 4 is 5.84 Å². The molecule has 0 aliphatic heterocycles. The lowest BCUT2D eigenvalue weighted by Crippen LogP contribution is -2.19. The highest BCUT2D eigenvalue weighted by Gasteiger charge is 2.10. The van der Waals surface area contributed by atoms with Crippen LogP contribution in [0.3, 0.4) is 0 Å². The van der Waals surface area contributed by atoms with Gasteiger partial charge in [0, 0.05) is 0 Å². The van der Waals surface area contributed by atoms with Crippen LogP contribution in [0.25, 0.3) is 0 Å². The van der Waals surface area contributed by atoms with Gasteiger partial charge in [0.1, 0.15) is 17.7 Å². The van der Waals surface area contributed by atoms with Crippen molar-refractivity contribution in [3.8, 4) is 5.75 Å². The monoisotopic (exact) mass is 194 g/mol. The molecule has 1 aromatic rings. The summed E-state index contributed by atoms with van der Waals surface area (Å²) in [5.74, 6) is 0.406. The quantitative estimate of drug-likeness (QED) is 0.495. The zero-order valence-corrected chi connectivity index (χ0v) is 8.03. The molecule has 1 aromatic carbocycles. The van der Waals surface area contributed by atoms with E-state index < -0.39 is 6.10 Å². The van der Waals surface area contributed by atoms with Crippen LogP contribution >= 0.6 is 0 Å². The average molecular weight is 194 g/mol. The molecule has 0 spiro atoms. The average Bonchev–Trinajstić information content (AvgIpc) is 2.17. The molecule has 0 radical (unpaired) electrons. The Morgan fingerprint density at radius 1 is 1.64 bits per heavy atom. The summed E-state index contributed by atoms with van der Waals surface area (Å²) in [6.07, 6.45) is -1.05. The molecule has 4 nitrogen and oxygen atoms in total. The van der Waals surface area contributed by atoms with E-state index in [9.17, 15) is 5.11 Å². The first kappa shape index (κ1) is 10.5. The normalized spacial score (nSPS) is 12.1. The topological polar surface area (TPSA) is 79.3 Å². The fourth-order valence-electron chi connectivity index (χ4n) is 1.12. The molecule has 0 saturated carbocycles. The third-order valence-corrected chi connectivity index (χ3v) is 1.78. The van der Waals surface area contributed by atoms with Gasteiger partial charge in [-0.15, -0.1) is 0 Å². The van der Waals surface area contributed by atoms with E-state index in [4.69, 9.17) is 15.9 Å². The molecule has 14 heavy (non-hydrogen) atoms. The van der Waals surface area contributed by atoms with E-state index in [-0.39, 0.29) is 5.84 Å². The van der Waals surface area contributed by atoms with E-state index in [1.807, 2.05) is 6.92 Å². The molecular weight excluding hydrogens is 180 g/mol. The van der Waals surface area contributed by atoms with Crippen LogP contribution in [0, 0.1) is 5.41 Å². The van der Waals surface area contributed by atoms with Gasteiger partial charge in [-0.3, -0.25) is 5.41 Å². The number of nitrogens with one attached hydrogen (secondary N) is 1. The summed E-state index contributed by atoms with van der Waals surface area (Å²) in [6, 6.07) is 6.93. The Balaban J connectivity index is 2.87. The summed E-state index contributed by atoms with van der Waals surface area (Å²) in [6.45, 7) is 2.45. The van der Waals surface area contributed by atoms with Crippen LogP contribution in [0.15, 0.2) is 24.3 Å². The fourth-order valence-corrected chi connectivity index (χ4v) is 1.12. The number of benzene rings is 1. The SMILES string of the molecule is CCOc1cccc([C@H](O)C(=N)N)c1. The van der Waals surface area contributed by atoms with Crippen molar-refractivity contribution in [2.45, 2.75) is 13.0 Å². The molecule has 4 heteroatoms. The number of hydrogen-bond donors (Lipinski definition) is 3. The number of aliphatic hydroxyl groups is 1. The van der Waals surface area contributed by atoms with Crippen LogP contribution < -0.4 is 10.5 Å². The van der Waals surface area contributed by atoms with Crippen LogP contribution in [0.1, 0.15) is 18.6 Å². The van der Waals surface area contributed by atoms with Gasteiger partial charge in [-0.2, -0.15) is 0 Å². The lowest BCUT2D eigenvalue weighted by Gasteiger charge is -2.10. The zero-order chi connectivity index (χ0) is 10.6. The van der Waals surface area contributed by atoms with E-state index >= 15 is 0 Å². The van der Waals surface area contributed by atoms with Gasteiger partial charge >= 0.3 is 0 Å². The predicted octanol–water partition coefficient (Wildman–Crippen LogP) is 1.05. The Labute approximate surface area is 82.8 Å². The first-order valence-electron chi connectivity index (χ1n) is 4.40. The van der Waals surface area contributed by atoms with Gasteiger partial charge in [0.2, 0.25) is 0 Å². The Bertz CT molecular complexity index is 326. The van der Waals surface area contributed by atoms with E-state index in [2.05, 4.69) is 0 Å². The fraction of sp³-hybridized carbons (Fsp3) is 0.300. The highest BCUT2D eigenvalue weighted by molar-refractivity contribution is 5.82. The number of amidine groups is 1. The molecule has 0 saturated heterocycles. The summed E-state index contributed by atoms with van der Waals surface area (Å²) in [4.78, 5) is 0. The lowest BCUT2D eigenvalue weighted by molar-refractivity contribution is 0.244. The van der Waals surface area contributed by atoms with Gasteiger partial charge in [0.05, 0.1) is 6.61 Å². The Morgan fingerprint density at radius 3 is 2.93 bits per heavy atom. The van der Waals surface area contributed by atoms with Crippen molar-refractivity contribution in [2.75, 3.05) is 6.61 Å². The van der Waals surface area contributed by atoms with Crippen molar-refractivity contribution < 1.29 is 9.84 Å². The molecule has 76 valence electrons. The van der Waals surface area contributed by atoms with Crippen molar-refractivity contribution in [3.05, 3.63) is 29.8 Å². The first-order chi connectivity index (χ1) is 6.65. The van der Waals surface area contributed by atoms with E-state index in [1.165, 1.54) is 0 Å². The van der Waals surface area contributed by atoms with Crippen LogP contribution in [-0.4, -0.2) is 17.5 Å². The van der Waals surface area contributed by atoms with Crippen LogP contribution in [-0.2, 0) is 0 Å². The van der Waals surface area contributed by atoms with Crippen molar-refractivity contribution in [2.24, 2.45) is 5.73 Å². The molecule has 0 aliphatic carbocycles. The number of nitrogens with two attached hydrogens (primary N) is 1. The molecule has 0 unspecified atom stereocenters. The second-order valence-corrected chi connectivity index (χ2v) is 2.86. The second-order valence-electron chi connectivity index (χ2n) is 2.86. The summed E-state index contributed by atoms with van der Waals surface area (Å²) >= 11 is 0. The largest absolute Gasteiger partial charge is 0.494 e. The van der Waals surface area contributed by atoms with Gasteiger partial charge < -0.3 is 15.6 Å². The van der Waals surface area contributed by atoms with E-state index in [1.54, 1.807) is 24.3 Å². The molecule has 1 atom stereocenters. The third kappa shape index (κ3) is 2.47. The summed E-state index contributed by atoms with van der Waals surface area (Å²) in [7, 11) is 0. The van der Waals surface area contributed by atoms with Gasteiger partial charge in [0.15, 0.2) is 0 Å². The molecule has 0 heterocycles. The summed E-state index contributed by atoms with van der Waals surface area (Å²) < 4.78 is 5.25. The maximum Gasteiger partial charge on any atom is 0.136 e. The first-order valence-corrected chi connectivity index (χ1v) is 4.40. The number of hydrogen-bond acceptors (Lipinski definition) is 3. The van der Waals surface area contributed by atoms with Crippen LogP contribution in [0.2, 0.25) is 0 Å². The maximum atomic E-state index is 9.49. The van der Waals surface area contributed by atoms with E-state index in [0.717, 1.165) is 0 Å². The van der Waals surface area contributed by atoms with Crippen LogP contribution in [0.4, 0.5) is 0 Å². The Hall–Kier alpha value is -1.55. The maximum absolute atomic E-state index is 9.49. The molecule has 4 N–H and O–H groups in total. The standard InChI is InChI=1S/C10H14N2O2/c1-2-14-8-5-3-4-7(6-8)9(13)10(11)12/h3-6,9,13H,2H2,1H3,(H3,11,12)/t9-/m0/s1. The third-order valence-electron chi connectivity index (χ3n) is 1.78. The molecule has 0 amide bonds. The minimum Gasteiger partial charge on any atom is -0.494 e. The molecule has 1 rings (SSSR count). The smallest absolute Gasteiger partial charge is 0.136 e. The highest BCUT2D eigenvalue weighted by Crippen LogP contribution is 2.18. The summed E-state index contributed by atoms with van der Waals surface area (Å²) in [5, 5.41) is 16.6. The molecule has 0 fully saturated rings. The lowest BCUT2D eigenvalue weighted by atomic mass is 10.1. The van der Waals surface area contributed by atoms with Crippen molar-refractivity contribution in [3.63, 3.8) is 0 Å². The van der Waals surface area contributed by atoms with Gasteiger partial charge in [0.25, 0.3) is 0 Å². The van der Waals surface area contributed by atoms with Crippen molar-refractivity contribution in [1.29, 1.82) is 5.41 Å². The Kier molecular flexibility index (Phi) is 3.48. The second kappa shape index (κ2) is 4.62. The highest BCUT2D eigenvalue weighted by atomic mass is 16.5. The van der Waals surface area contributed by atoms with E-state index in [0.29, 0.717) is 17.9 Å². The minimum atomic E-state index is -1.05. The number of rotatable bonds is 4. The van der Waals surface area contributed by atoms with Gasteiger partial charge in [-0.25, -0.2) is 0 Å². The molecule has 0 aromatic heterocycles. The Morgan fingerprint density at radius 2 is 2.36 bits per heavy atom. The van der Waals surface area contributed by atoms with Gasteiger partial charge in [-0.05, 0) is 24.6 Å². The summed E-state index contributed by atoms with van der Waals surface area (Å²) in [5.41, 5.74) is 5.76. The predicted molar refractivity (Wildman–Crippen MR) is 54.5 cm³/mol. The zero-order valence-electron chi connectivity index (χ0n) is 8.03. The van der Waals surface area contributed by atoms with Crippen LogP contribution in [0.5, 0.6) is 5.75 Å². The molecular formula is C10H14N2O2.